The van der Waals surface area contributed by atoms with Crippen LogP contribution < -0.4 is 5.32 Å². The van der Waals surface area contributed by atoms with E-state index in [9.17, 15) is 9.59 Å². The average Bonchev–Trinajstić information content (AvgIpc) is 3.80. The number of likely N-dealkylation sites (tertiary alicyclic amines) is 1. The molecule has 6 nitrogen and oxygen atoms in total. The molecule has 1 N–H and O–H groups in total. The second-order valence-electron chi connectivity index (χ2n) is 12.3. The Morgan fingerprint density at radius 2 is 1.79 bits per heavy atom. The third kappa shape index (κ3) is 6.25. The van der Waals surface area contributed by atoms with E-state index >= 15 is 0 Å². The minimum Gasteiger partial charge on any atom is -0.319 e. The number of aryl methyl sites for hydroxylation is 2. The Bertz CT molecular complexity index is 1460. The van der Waals surface area contributed by atoms with Gasteiger partial charge < -0.3 is 10.2 Å². The Balaban J connectivity index is 1.19. The van der Waals surface area contributed by atoms with Gasteiger partial charge in [0, 0.05) is 47.9 Å². The first-order valence-electron chi connectivity index (χ1n) is 15.6. The maximum atomic E-state index is 14.0. The summed E-state index contributed by atoms with van der Waals surface area (Å²) in [5.74, 6) is 0.893. The van der Waals surface area contributed by atoms with Gasteiger partial charge in [-0.25, -0.2) is 4.98 Å². The van der Waals surface area contributed by atoms with E-state index in [1.165, 1.54) is 24.0 Å². The molecule has 3 aromatic rings. The first-order valence-corrected chi connectivity index (χ1v) is 16.0. The number of fused-ring (bicyclic) bond motifs is 1. The van der Waals surface area contributed by atoms with Gasteiger partial charge in [0.25, 0.3) is 11.8 Å². The lowest BCUT2D eigenvalue weighted by Crippen LogP contribution is -2.48. The third-order valence-corrected chi connectivity index (χ3v) is 9.47. The van der Waals surface area contributed by atoms with Crippen LogP contribution in [0.3, 0.4) is 0 Å². The molecule has 0 unspecified atom stereocenters. The topological polar surface area (TPSA) is 65.5 Å². The Morgan fingerprint density at radius 3 is 2.52 bits per heavy atom. The van der Waals surface area contributed by atoms with E-state index in [-0.39, 0.29) is 17.9 Å². The summed E-state index contributed by atoms with van der Waals surface area (Å²) in [5.41, 5.74) is 6.08. The third-order valence-electron chi connectivity index (χ3n) is 9.05. The fourth-order valence-electron chi connectivity index (χ4n) is 6.58. The van der Waals surface area contributed by atoms with Gasteiger partial charge in [-0.2, -0.15) is 0 Å². The molecule has 1 atom stereocenters. The van der Waals surface area contributed by atoms with E-state index in [4.69, 9.17) is 16.6 Å². The highest BCUT2D eigenvalue weighted by atomic mass is 35.5. The van der Waals surface area contributed by atoms with E-state index in [0.29, 0.717) is 17.3 Å². The SMILES string of the molecule is CCCCCc1cc(NC(=O)[C@H]2c3ccccc3C(=O)N2C2CCN(Cc3ccc(Cl)c(C)c3)CC2)nc(C2CC2)c1. The number of anilines is 1. The van der Waals surface area contributed by atoms with Crippen molar-refractivity contribution in [2.75, 3.05) is 18.4 Å². The molecule has 1 aromatic heterocycles. The van der Waals surface area contributed by atoms with Crippen molar-refractivity contribution in [2.45, 2.75) is 89.8 Å². The number of nitrogens with one attached hydrogen (secondary N) is 1. The van der Waals surface area contributed by atoms with Gasteiger partial charge in [-0.05, 0) is 92.0 Å². The second-order valence-corrected chi connectivity index (χ2v) is 12.7. The number of pyridine rings is 1. The fourth-order valence-corrected chi connectivity index (χ4v) is 6.70. The predicted molar refractivity (Wildman–Crippen MR) is 168 cm³/mol. The number of amides is 2. The summed E-state index contributed by atoms with van der Waals surface area (Å²) in [6, 6.07) is 17.4. The number of nitrogens with zero attached hydrogens (tertiary/aromatic N) is 3. The summed E-state index contributed by atoms with van der Waals surface area (Å²) in [5, 5.41) is 3.94. The van der Waals surface area contributed by atoms with E-state index in [2.05, 4.69) is 35.3 Å². The van der Waals surface area contributed by atoms with Gasteiger partial charge in [0.2, 0.25) is 0 Å². The lowest BCUT2D eigenvalue weighted by molar-refractivity contribution is -0.121. The van der Waals surface area contributed by atoms with Crippen molar-refractivity contribution in [3.8, 4) is 0 Å². The highest BCUT2D eigenvalue weighted by molar-refractivity contribution is 6.31. The molecule has 2 amide bonds. The summed E-state index contributed by atoms with van der Waals surface area (Å²) < 4.78 is 0. The molecule has 7 heteroatoms. The van der Waals surface area contributed by atoms with E-state index in [1.807, 2.05) is 48.2 Å². The molecule has 6 rings (SSSR count). The van der Waals surface area contributed by atoms with E-state index in [1.54, 1.807) is 0 Å². The molecule has 42 heavy (non-hydrogen) atoms. The van der Waals surface area contributed by atoms with E-state index in [0.717, 1.165) is 80.0 Å². The van der Waals surface area contributed by atoms with E-state index < -0.39 is 6.04 Å². The lowest BCUT2D eigenvalue weighted by Gasteiger charge is -2.39. The molecule has 1 saturated heterocycles. The summed E-state index contributed by atoms with van der Waals surface area (Å²) in [6.07, 6.45) is 8.46. The molecule has 3 heterocycles. The van der Waals surface area contributed by atoms with Crippen LogP contribution in [0.1, 0.15) is 102 Å². The molecule has 0 bridgehead atoms. The highest BCUT2D eigenvalue weighted by Crippen LogP contribution is 2.41. The first-order chi connectivity index (χ1) is 20.4. The number of hydrogen-bond donors (Lipinski definition) is 1. The molecular formula is C35H41ClN4O2. The second kappa shape index (κ2) is 12.6. The van der Waals surface area contributed by atoms with Crippen molar-refractivity contribution >= 4 is 29.2 Å². The van der Waals surface area contributed by atoms with Crippen molar-refractivity contribution in [1.29, 1.82) is 0 Å². The molecule has 2 aliphatic heterocycles. The number of aromatic nitrogens is 1. The van der Waals surface area contributed by atoms with Gasteiger partial charge in [-0.15, -0.1) is 0 Å². The highest BCUT2D eigenvalue weighted by Gasteiger charge is 2.45. The Kier molecular flexibility index (Phi) is 8.64. The van der Waals surface area contributed by atoms with Crippen LogP contribution in [0.25, 0.3) is 0 Å². The van der Waals surface area contributed by atoms with Crippen molar-refractivity contribution < 1.29 is 9.59 Å². The predicted octanol–water partition coefficient (Wildman–Crippen LogP) is 7.45. The van der Waals surface area contributed by atoms with Crippen LogP contribution in [0.4, 0.5) is 5.82 Å². The van der Waals surface area contributed by atoms with Crippen LogP contribution in [0.15, 0.2) is 54.6 Å². The number of piperidine rings is 1. The zero-order valence-electron chi connectivity index (χ0n) is 24.7. The largest absolute Gasteiger partial charge is 0.319 e. The van der Waals surface area contributed by atoms with Crippen molar-refractivity contribution in [3.63, 3.8) is 0 Å². The molecular weight excluding hydrogens is 544 g/mol. The van der Waals surface area contributed by atoms with Crippen LogP contribution in [0.2, 0.25) is 5.02 Å². The summed E-state index contributed by atoms with van der Waals surface area (Å²) >= 11 is 6.23. The molecule has 2 fully saturated rings. The molecule has 3 aliphatic rings. The average molecular weight is 585 g/mol. The number of carbonyl (C=O) groups excluding carboxylic acids is 2. The summed E-state index contributed by atoms with van der Waals surface area (Å²) in [4.78, 5) is 36.9. The standard InChI is InChI=1S/C35H41ClN4O2/c1-3-4-5-8-24-20-31(26-12-13-26)37-32(21-24)38-34(41)33-28-9-6-7-10-29(28)35(42)40(33)27-15-17-39(18-16-27)22-25-11-14-30(36)23(2)19-25/h6-7,9-11,14,19-21,26-27,33H,3-5,8,12-13,15-18,22H2,1-2H3,(H,37,38,41)/t33-/m1/s1. The molecule has 0 spiro atoms. The lowest BCUT2D eigenvalue weighted by atomic mass is 9.99. The molecule has 220 valence electrons. The van der Waals surface area contributed by atoms with Crippen molar-refractivity contribution in [2.24, 2.45) is 0 Å². The maximum absolute atomic E-state index is 14.0. The van der Waals surface area contributed by atoms with Gasteiger partial charge in [-0.1, -0.05) is 61.7 Å². The van der Waals surface area contributed by atoms with Crippen LogP contribution in [0.5, 0.6) is 0 Å². The number of hydrogen-bond acceptors (Lipinski definition) is 4. The monoisotopic (exact) mass is 584 g/mol. The maximum Gasteiger partial charge on any atom is 0.255 e. The van der Waals surface area contributed by atoms with Crippen LogP contribution in [-0.4, -0.2) is 45.7 Å². The number of unbranched alkanes of at least 4 members (excludes halogenated alkanes) is 2. The molecule has 0 radical (unpaired) electrons. The first kappa shape index (κ1) is 28.9. The zero-order valence-corrected chi connectivity index (χ0v) is 25.5. The normalized spacial score (nSPS) is 19.3. The summed E-state index contributed by atoms with van der Waals surface area (Å²) in [6.45, 7) is 6.84. The Hall–Kier alpha value is -3.22. The summed E-state index contributed by atoms with van der Waals surface area (Å²) in [7, 11) is 0. The zero-order chi connectivity index (χ0) is 29.2. The smallest absolute Gasteiger partial charge is 0.255 e. The van der Waals surface area contributed by atoms with Crippen LogP contribution in [-0.2, 0) is 17.8 Å². The molecule has 1 saturated carbocycles. The minimum absolute atomic E-state index is 0.000726. The van der Waals surface area contributed by atoms with Crippen LogP contribution >= 0.6 is 11.6 Å². The number of carbonyl (C=O) groups is 2. The van der Waals surface area contributed by atoms with Crippen LogP contribution in [0, 0.1) is 6.92 Å². The van der Waals surface area contributed by atoms with Crippen molar-refractivity contribution in [1.82, 2.24) is 14.8 Å². The number of benzene rings is 2. The molecule has 1 aliphatic carbocycles. The minimum atomic E-state index is -0.654. The van der Waals surface area contributed by atoms with Gasteiger partial charge in [-0.3, -0.25) is 14.5 Å². The molecule has 2 aromatic carbocycles. The van der Waals surface area contributed by atoms with Gasteiger partial charge >= 0.3 is 0 Å². The van der Waals surface area contributed by atoms with Gasteiger partial charge in [0.05, 0.1) is 0 Å². The Labute approximate surface area is 254 Å². The van der Waals surface area contributed by atoms with Gasteiger partial charge in [0.15, 0.2) is 0 Å². The van der Waals surface area contributed by atoms with Crippen molar-refractivity contribution in [3.05, 3.63) is 93.1 Å². The number of rotatable bonds is 10. The fraction of sp³-hybridized carbons (Fsp3) is 0.457. The Morgan fingerprint density at radius 1 is 1.00 bits per heavy atom. The quantitative estimate of drug-likeness (QED) is 0.251. The van der Waals surface area contributed by atoms with Gasteiger partial charge in [0.1, 0.15) is 11.9 Å². The number of halogens is 1.